The molecule has 0 aromatic rings. The zero-order valence-corrected chi connectivity index (χ0v) is 22.3. The predicted molar refractivity (Wildman–Crippen MR) is 148 cm³/mol. The Bertz CT molecular complexity index is 915. The van der Waals surface area contributed by atoms with Gasteiger partial charge in [0.25, 0.3) is 0 Å². The zero-order chi connectivity index (χ0) is 30.7. The Labute approximate surface area is 231 Å². The first kappa shape index (κ1) is 35.6. The van der Waals surface area contributed by atoms with E-state index in [0.717, 1.165) is 0 Å². The van der Waals surface area contributed by atoms with E-state index >= 15 is 0 Å². The number of carbonyl (C=O) groups excluding carboxylic acids is 3. The van der Waals surface area contributed by atoms with E-state index in [-0.39, 0.29) is 76.0 Å². The van der Waals surface area contributed by atoms with Gasteiger partial charge < -0.3 is 66.3 Å². The van der Waals surface area contributed by atoms with E-state index in [9.17, 15) is 24.3 Å². The summed E-state index contributed by atoms with van der Waals surface area (Å²) >= 11 is 0. The van der Waals surface area contributed by atoms with Crippen molar-refractivity contribution in [2.24, 2.45) is 55.1 Å². The summed E-state index contributed by atoms with van der Waals surface area (Å²) in [4.78, 5) is 61.6. The van der Waals surface area contributed by atoms with Crippen LogP contribution in [-0.2, 0) is 19.2 Å². The number of carboxylic acid groups (broad SMARTS) is 1. The number of nitrogens with zero attached hydrogens (tertiary/aromatic N) is 3. The molecule has 0 aliphatic heterocycles. The van der Waals surface area contributed by atoms with E-state index in [1.54, 1.807) is 0 Å². The van der Waals surface area contributed by atoms with Gasteiger partial charge in [-0.25, -0.2) is 4.79 Å². The van der Waals surface area contributed by atoms with Crippen LogP contribution in [0.3, 0.4) is 0 Å². The molecule has 0 aliphatic rings. The highest BCUT2D eigenvalue weighted by Crippen LogP contribution is 2.06. The molecule has 0 saturated heterocycles. The lowest BCUT2D eigenvalue weighted by Crippen LogP contribution is -2.57. The summed E-state index contributed by atoms with van der Waals surface area (Å²) in [5.74, 6) is -4.12. The van der Waals surface area contributed by atoms with Crippen LogP contribution in [0.25, 0.3) is 0 Å². The normalized spacial score (nSPS) is 13.4. The van der Waals surface area contributed by atoms with Crippen LogP contribution in [0.4, 0.5) is 0 Å². The fraction of sp³-hybridized carbons (Fsp3) is 0.667. The van der Waals surface area contributed by atoms with Gasteiger partial charge in [0.05, 0.1) is 6.61 Å². The molecule has 228 valence electrons. The maximum Gasteiger partial charge on any atom is 0.326 e. The minimum atomic E-state index is -1.30. The van der Waals surface area contributed by atoms with Crippen LogP contribution < -0.4 is 56.1 Å². The van der Waals surface area contributed by atoms with Gasteiger partial charge in [0.1, 0.15) is 24.2 Å². The number of carbonyl (C=O) groups is 4. The molecule has 4 unspecified atom stereocenters. The number of carboxylic acids is 1. The fourth-order valence-corrected chi connectivity index (χ4v) is 3.21. The molecule has 0 spiro atoms. The van der Waals surface area contributed by atoms with E-state index in [1.807, 2.05) is 0 Å². The Kier molecular flexibility index (Phi) is 17.5. The molecule has 0 aromatic carbocycles. The Morgan fingerprint density at radius 3 is 1.25 bits per heavy atom. The maximum atomic E-state index is 13.2. The first-order chi connectivity index (χ1) is 18.8. The van der Waals surface area contributed by atoms with Crippen LogP contribution in [0.15, 0.2) is 15.0 Å². The van der Waals surface area contributed by atoms with Crippen LogP contribution in [0, 0.1) is 0 Å². The average Bonchev–Trinajstić information content (AvgIpc) is 2.87. The van der Waals surface area contributed by atoms with Crippen molar-refractivity contribution in [3.05, 3.63) is 0 Å². The second-order valence-electron chi connectivity index (χ2n) is 8.66. The van der Waals surface area contributed by atoms with Crippen molar-refractivity contribution in [3.63, 3.8) is 0 Å². The smallest absolute Gasteiger partial charge is 0.326 e. The quantitative estimate of drug-likeness (QED) is 0.0367. The third-order valence-electron chi connectivity index (χ3n) is 5.25. The van der Waals surface area contributed by atoms with Gasteiger partial charge in [-0.1, -0.05) is 0 Å². The Morgan fingerprint density at radius 2 is 0.925 bits per heavy atom. The van der Waals surface area contributed by atoms with E-state index < -0.39 is 54.5 Å². The first-order valence-corrected chi connectivity index (χ1v) is 12.4. The van der Waals surface area contributed by atoms with Crippen molar-refractivity contribution in [3.8, 4) is 0 Å². The van der Waals surface area contributed by atoms with Crippen LogP contribution in [0.1, 0.15) is 38.5 Å². The maximum absolute atomic E-state index is 13.2. The van der Waals surface area contributed by atoms with Crippen molar-refractivity contribution in [1.29, 1.82) is 0 Å². The number of rotatable bonds is 20. The summed E-state index contributed by atoms with van der Waals surface area (Å²) in [5.41, 5.74) is 37.3. The second kappa shape index (κ2) is 19.6. The van der Waals surface area contributed by atoms with Crippen molar-refractivity contribution in [2.75, 3.05) is 26.2 Å². The van der Waals surface area contributed by atoms with Crippen LogP contribution in [0.2, 0.25) is 0 Å². The Morgan fingerprint density at radius 1 is 0.600 bits per heavy atom. The third kappa shape index (κ3) is 16.5. The number of aliphatic hydroxyl groups is 1. The summed E-state index contributed by atoms with van der Waals surface area (Å²) in [7, 11) is 0. The number of amides is 3. The molecule has 3 amide bonds. The molecule has 4 atom stereocenters. The first-order valence-electron chi connectivity index (χ1n) is 12.4. The zero-order valence-electron chi connectivity index (χ0n) is 22.3. The van der Waals surface area contributed by atoms with Crippen LogP contribution >= 0.6 is 0 Å². The molecule has 0 rings (SSSR count). The molecule has 0 radical (unpaired) electrons. The van der Waals surface area contributed by atoms with E-state index in [0.29, 0.717) is 0 Å². The van der Waals surface area contributed by atoms with Gasteiger partial charge in [0.15, 0.2) is 17.9 Å². The van der Waals surface area contributed by atoms with E-state index in [1.165, 1.54) is 0 Å². The third-order valence-corrected chi connectivity index (χ3v) is 5.25. The van der Waals surface area contributed by atoms with Crippen molar-refractivity contribution in [1.82, 2.24) is 16.0 Å². The van der Waals surface area contributed by atoms with Crippen molar-refractivity contribution < 1.29 is 29.4 Å². The highest BCUT2D eigenvalue weighted by atomic mass is 16.4. The van der Waals surface area contributed by atoms with Gasteiger partial charge >= 0.3 is 5.97 Å². The number of nitrogens with one attached hydrogen (secondary N) is 3. The molecule has 0 aromatic heterocycles. The van der Waals surface area contributed by atoms with Crippen LogP contribution in [0.5, 0.6) is 0 Å². The Balaban J connectivity index is 5.69. The summed E-state index contributed by atoms with van der Waals surface area (Å²) in [6.45, 7) is -0.231. The molecule has 19 nitrogen and oxygen atoms in total. The lowest BCUT2D eigenvalue weighted by atomic mass is 10.1. The average molecular weight is 574 g/mol. The van der Waals surface area contributed by atoms with Crippen molar-refractivity contribution >= 4 is 41.6 Å². The number of nitrogens with two attached hydrogens (primary N) is 7. The number of aliphatic carboxylic acids is 1. The Hall–Kier alpha value is -4.39. The number of aliphatic imine (C=N–C) groups is 3. The lowest BCUT2D eigenvalue weighted by molar-refractivity contribution is -0.142. The summed E-state index contributed by atoms with van der Waals surface area (Å²) in [6.07, 6.45) is 0.857. The predicted octanol–water partition coefficient (Wildman–Crippen LogP) is -5.99. The molecule has 0 bridgehead atoms. The van der Waals surface area contributed by atoms with Gasteiger partial charge in [-0.2, -0.15) is 0 Å². The minimum absolute atomic E-state index is 0.00897. The van der Waals surface area contributed by atoms with Gasteiger partial charge in [0.2, 0.25) is 17.7 Å². The van der Waals surface area contributed by atoms with Gasteiger partial charge in [-0.3, -0.25) is 29.4 Å². The molecule has 0 saturated carbocycles. The minimum Gasteiger partial charge on any atom is -0.480 e. The monoisotopic (exact) mass is 573 g/mol. The molecule has 0 fully saturated rings. The summed E-state index contributed by atoms with van der Waals surface area (Å²) in [6, 6.07) is -4.98. The van der Waals surface area contributed by atoms with Crippen molar-refractivity contribution in [2.45, 2.75) is 62.7 Å². The lowest BCUT2D eigenvalue weighted by Gasteiger charge is -2.25. The molecule has 0 heterocycles. The summed E-state index contributed by atoms with van der Waals surface area (Å²) < 4.78 is 0. The number of hydrogen-bond donors (Lipinski definition) is 12. The molecule has 19 N–H and O–H groups in total. The topological polar surface area (TPSA) is 364 Å². The highest BCUT2D eigenvalue weighted by molar-refractivity contribution is 5.94. The van der Waals surface area contributed by atoms with E-state index in [2.05, 4.69) is 30.9 Å². The van der Waals surface area contributed by atoms with E-state index in [4.69, 9.17) is 45.2 Å². The van der Waals surface area contributed by atoms with Gasteiger partial charge in [-0.15, -0.1) is 0 Å². The molecule has 40 heavy (non-hydrogen) atoms. The molecular weight excluding hydrogens is 530 g/mol. The SMILES string of the molecule is NC(N)=NCCCC(NC(=O)C(CCCN=C(N)N)NC(=O)C(CCCN=C(N)N)NC(=O)C(N)CO)C(=O)O. The largest absolute Gasteiger partial charge is 0.480 e. The standard InChI is InChI=1S/C21H43N13O6/c22-11(10-35)15(36)32-12(4-1-7-29-19(23)24)16(37)33-13(5-2-8-30-20(25)26)17(38)34-14(18(39)40)6-3-9-31-21(27)28/h11-14,35H,1-10,22H2,(H,32,36)(H,33,37)(H,34,38)(H,39,40)(H4,23,24,29)(H4,25,26,30)(H4,27,28,31). The molecule has 19 heteroatoms. The number of hydrogen-bond acceptors (Lipinski definition) is 9. The highest BCUT2D eigenvalue weighted by Gasteiger charge is 2.30. The fourth-order valence-electron chi connectivity index (χ4n) is 3.21. The van der Waals surface area contributed by atoms with Gasteiger partial charge in [0, 0.05) is 19.6 Å². The van der Waals surface area contributed by atoms with Crippen LogP contribution in [-0.4, -0.2) is 102 Å². The summed E-state index contributed by atoms with van der Waals surface area (Å²) in [5, 5.41) is 26.1. The number of aliphatic hydroxyl groups excluding tert-OH is 1. The van der Waals surface area contributed by atoms with Gasteiger partial charge in [-0.05, 0) is 38.5 Å². The molecular formula is C21H43N13O6. The second-order valence-corrected chi connectivity index (χ2v) is 8.66. The number of guanidine groups is 3. The molecule has 0 aliphatic carbocycles.